The van der Waals surface area contributed by atoms with E-state index in [1.54, 1.807) is 24.4 Å². The molecule has 37 heavy (non-hydrogen) atoms. The van der Waals surface area contributed by atoms with Gasteiger partial charge in [0.2, 0.25) is 0 Å². The number of carbonyl (C=O) groups excluding carboxylic acids is 2. The second-order valence-electron chi connectivity index (χ2n) is 9.58. The number of carbonyl (C=O) groups is 2. The summed E-state index contributed by atoms with van der Waals surface area (Å²) in [6.45, 7) is 3.37. The van der Waals surface area contributed by atoms with Crippen LogP contribution >= 0.6 is 0 Å². The highest BCUT2D eigenvalue weighted by Crippen LogP contribution is 2.35. The second-order valence-corrected chi connectivity index (χ2v) is 9.58. The van der Waals surface area contributed by atoms with Gasteiger partial charge in [-0.1, -0.05) is 0 Å². The van der Waals surface area contributed by atoms with Crippen LogP contribution < -0.4 is 20.8 Å². The molecule has 2 aromatic heterocycles. The third-order valence-electron chi connectivity index (χ3n) is 6.88. The maximum absolute atomic E-state index is 13.0. The Hall–Kier alpha value is -4.27. The molecule has 9 heteroatoms. The molecule has 0 fully saturated rings. The van der Waals surface area contributed by atoms with Crippen molar-refractivity contribution in [2.24, 2.45) is 0 Å². The summed E-state index contributed by atoms with van der Waals surface area (Å²) in [5.74, 6) is -1.60. The molecule has 2 heterocycles. The van der Waals surface area contributed by atoms with Crippen molar-refractivity contribution in [3.63, 3.8) is 0 Å². The van der Waals surface area contributed by atoms with E-state index < -0.39 is 24.0 Å². The zero-order valence-electron chi connectivity index (χ0n) is 20.6. The van der Waals surface area contributed by atoms with Gasteiger partial charge >= 0.3 is 5.63 Å². The van der Waals surface area contributed by atoms with Gasteiger partial charge in [0.25, 0.3) is 5.91 Å². The topological polar surface area (TPSA) is 145 Å². The highest BCUT2D eigenvalue weighted by molar-refractivity contribution is 5.91. The first-order valence-corrected chi connectivity index (χ1v) is 12.3. The average Bonchev–Trinajstić information content (AvgIpc) is 3.24. The largest absolute Gasteiger partial charge is 0.548 e. The van der Waals surface area contributed by atoms with E-state index in [1.807, 2.05) is 6.92 Å². The maximum Gasteiger partial charge on any atom is 0.339 e. The predicted molar refractivity (Wildman–Crippen MR) is 135 cm³/mol. The maximum atomic E-state index is 13.0. The highest BCUT2D eigenvalue weighted by atomic mass is 16.5. The van der Waals surface area contributed by atoms with E-state index in [2.05, 4.69) is 10.3 Å². The molecule has 0 radical (unpaired) electrons. The summed E-state index contributed by atoms with van der Waals surface area (Å²) >= 11 is 0. The van der Waals surface area contributed by atoms with Crippen LogP contribution in [0.5, 0.6) is 11.5 Å². The van der Waals surface area contributed by atoms with Crippen molar-refractivity contribution in [2.75, 3.05) is 0 Å². The quantitative estimate of drug-likeness (QED) is 0.329. The minimum Gasteiger partial charge on any atom is -0.548 e. The van der Waals surface area contributed by atoms with Gasteiger partial charge in [-0.25, -0.2) is 4.79 Å². The van der Waals surface area contributed by atoms with Gasteiger partial charge in [-0.15, -0.1) is 0 Å². The molecular weight excluding hydrogens is 476 g/mol. The SMILES string of the molecule is Cc1cc(O[C@H](C)C(=O)N[C@@H](Cc2c[nH]c3ccc(O)cc23)C(=O)[O-])c2c3c(c(=O)oc2c1)CCCC3. The van der Waals surface area contributed by atoms with Gasteiger partial charge in [-0.3, -0.25) is 4.79 Å². The van der Waals surface area contributed by atoms with Crippen molar-refractivity contribution < 1.29 is 29.0 Å². The van der Waals surface area contributed by atoms with Gasteiger partial charge in [0.05, 0.1) is 17.4 Å². The third kappa shape index (κ3) is 4.76. The van der Waals surface area contributed by atoms with E-state index in [0.29, 0.717) is 46.1 Å². The van der Waals surface area contributed by atoms with Gasteiger partial charge in [0, 0.05) is 29.1 Å². The number of phenolic OH excluding ortho intramolecular Hbond substituents is 1. The Morgan fingerprint density at radius 2 is 1.95 bits per heavy atom. The molecule has 0 aliphatic heterocycles. The van der Waals surface area contributed by atoms with Crippen LogP contribution in [0.15, 0.2) is 45.7 Å². The average molecular weight is 504 g/mol. The number of fused-ring (bicyclic) bond motifs is 4. The minimum atomic E-state index is -1.44. The number of aromatic hydroxyl groups is 1. The first-order valence-electron chi connectivity index (χ1n) is 12.3. The van der Waals surface area contributed by atoms with Crippen LogP contribution in [0.1, 0.15) is 42.0 Å². The van der Waals surface area contributed by atoms with E-state index in [-0.39, 0.29) is 17.8 Å². The number of benzene rings is 2. The van der Waals surface area contributed by atoms with Gasteiger partial charge in [-0.05, 0) is 86.6 Å². The summed E-state index contributed by atoms with van der Waals surface area (Å²) in [5.41, 5.74) is 3.73. The lowest BCUT2D eigenvalue weighted by atomic mass is 9.90. The summed E-state index contributed by atoms with van der Waals surface area (Å²) in [7, 11) is 0. The molecule has 0 saturated carbocycles. The van der Waals surface area contributed by atoms with Crippen LogP contribution in [0.2, 0.25) is 0 Å². The molecule has 0 bridgehead atoms. The number of H-pyrrole nitrogens is 1. The van der Waals surface area contributed by atoms with Crippen LogP contribution in [-0.2, 0) is 28.9 Å². The number of rotatable bonds is 7. The molecule has 1 amide bonds. The molecule has 0 saturated heterocycles. The molecule has 9 nitrogen and oxygen atoms in total. The Morgan fingerprint density at radius 3 is 2.70 bits per heavy atom. The monoisotopic (exact) mass is 503 g/mol. The summed E-state index contributed by atoms with van der Waals surface area (Å²) in [5, 5.41) is 25.5. The second kappa shape index (κ2) is 9.65. The Morgan fingerprint density at radius 1 is 1.19 bits per heavy atom. The molecule has 1 aliphatic rings. The third-order valence-corrected chi connectivity index (χ3v) is 6.88. The number of amides is 1. The fraction of sp³-hybridized carbons (Fsp3) is 0.321. The number of hydrogen-bond acceptors (Lipinski definition) is 7. The number of carboxylic acids is 1. The molecule has 3 N–H and O–H groups in total. The molecular formula is C28H27N2O7-. The first kappa shape index (κ1) is 24.4. The first-order chi connectivity index (χ1) is 17.7. The van der Waals surface area contributed by atoms with Crippen LogP contribution in [0.4, 0.5) is 0 Å². The number of aliphatic carboxylic acids is 1. The summed E-state index contributed by atoms with van der Waals surface area (Å²) in [6.07, 6.45) is 3.75. The number of aromatic nitrogens is 1. The van der Waals surface area contributed by atoms with Crippen molar-refractivity contribution in [1.29, 1.82) is 0 Å². The fourth-order valence-electron chi connectivity index (χ4n) is 5.04. The van der Waals surface area contributed by atoms with Gasteiger partial charge < -0.3 is 34.5 Å². The zero-order valence-corrected chi connectivity index (χ0v) is 20.6. The van der Waals surface area contributed by atoms with E-state index >= 15 is 0 Å². The van der Waals surface area contributed by atoms with Crippen molar-refractivity contribution in [3.05, 3.63) is 69.2 Å². The Balaban J connectivity index is 1.39. The van der Waals surface area contributed by atoms with Crippen LogP contribution in [-0.4, -0.2) is 34.1 Å². The molecule has 0 unspecified atom stereocenters. The van der Waals surface area contributed by atoms with Gasteiger partial charge in [-0.2, -0.15) is 0 Å². The number of aryl methyl sites for hydroxylation is 2. The summed E-state index contributed by atoms with van der Waals surface area (Å²) in [6, 6.07) is 6.98. The lowest BCUT2D eigenvalue weighted by Gasteiger charge is -2.24. The van der Waals surface area contributed by atoms with Gasteiger partial charge in [0.1, 0.15) is 17.1 Å². The number of phenols is 1. The molecule has 5 rings (SSSR count). The van der Waals surface area contributed by atoms with Crippen molar-refractivity contribution >= 4 is 33.7 Å². The number of ether oxygens (including phenoxy) is 1. The standard InChI is InChI=1S/C28H28N2O7/c1-14-9-23(25-18-5-3-4-6-19(18)28(35)37-24(25)10-14)36-15(2)26(32)30-22(27(33)34)11-16-13-29-21-8-7-17(31)12-20(16)21/h7-10,12-13,15,22,29,31H,3-6,11H2,1-2H3,(H,30,32)(H,33,34)/p-1/t15-,22+/m1/s1. The van der Waals surface area contributed by atoms with E-state index in [4.69, 9.17) is 9.15 Å². The number of aromatic amines is 1. The normalized spacial score (nSPS) is 14.8. The van der Waals surface area contributed by atoms with Crippen LogP contribution in [0.3, 0.4) is 0 Å². The fourth-order valence-corrected chi connectivity index (χ4v) is 5.04. The molecule has 2 aromatic carbocycles. The highest BCUT2D eigenvalue weighted by Gasteiger charge is 2.25. The smallest absolute Gasteiger partial charge is 0.339 e. The zero-order chi connectivity index (χ0) is 26.3. The number of hydrogen-bond donors (Lipinski definition) is 3. The van der Waals surface area contributed by atoms with E-state index in [9.17, 15) is 24.6 Å². The predicted octanol–water partition coefficient (Wildman–Crippen LogP) is 2.41. The molecule has 192 valence electrons. The van der Waals surface area contributed by atoms with Crippen LogP contribution in [0.25, 0.3) is 21.9 Å². The summed E-state index contributed by atoms with van der Waals surface area (Å²) < 4.78 is 11.6. The molecule has 2 atom stereocenters. The van der Waals surface area contributed by atoms with E-state index in [1.165, 1.54) is 19.1 Å². The molecule has 1 aliphatic carbocycles. The molecule has 4 aromatic rings. The minimum absolute atomic E-state index is 0.0453. The number of nitrogens with one attached hydrogen (secondary N) is 2. The van der Waals surface area contributed by atoms with Gasteiger partial charge in [0.15, 0.2) is 6.10 Å². The van der Waals surface area contributed by atoms with Crippen molar-refractivity contribution in [3.8, 4) is 11.5 Å². The molecule has 0 spiro atoms. The lowest BCUT2D eigenvalue weighted by Crippen LogP contribution is -2.52. The Bertz CT molecular complexity index is 1580. The summed E-state index contributed by atoms with van der Waals surface area (Å²) in [4.78, 5) is 40.4. The van der Waals surface area contributed by atoms with Crippen molar-refractivity contribution in [2.45, 2.75) is 58.1 Å². The Labute approximate surface area is 212 Å². The lowest BCUT2D eigenvalue weighted by molar-refractivity contribution is -0.308. The van der Waals surface area contributed by atoms with E-state index in [0.717, 1.165) is 29.5 Å². The number of carboxylic acid groups (broad SMARTS) is 1. The van der Waals surface area contributed by atoms with Crippen LogP contribution in [0, 0.1) is 6.92 Å². The van der Waals surface area contributed by atoms with Crippen molar-refractivity contribution in [1.82, 2.24) is 10.3 Å². The Kier molecular flexibility index (Phi) is 6.37.